The number of amides is 1. The van der Waals surface area contributed by atoms with Gasteiger partial charge in [0.25, 0.3) is 6.47 Å². The Kier molecular flexibility index (Phi) is 6.79. The van der Waals surface area contributed by atoms with Crippen molar-refractivity contribution in [1.29, 1.82) is 0 Å². The quantitative estimate of drug-likeness (QED) is 0.355. The second-order valence-corrected chi connectivity index (χ2v) is 6.06. The topological polar surface area (TPSA) is 102 Å². The van der Waals surface area contributed by atoms with Crippen LogP contribution in [0.5, 0.6) is 0 Å². The number of carbonyl (C=O) groups excluding carboxylic acids is 2. The molecule has 0 aliphatic carbocycles. The number of nitrogens with two attached hydrogens (primary N) is 2. The van der Waals surface area contributed by atoms with E-state index in [0.717, 1.165) is 22.4 Å². The maximum atomic E-state index is 12.3. The summed E-state index contributed by atoms with van der Waals surface area (Å²) in [7, 11) is 0. The monoisotopic (exact) mass is 370 g/mol. The summed E-state index contributed by atoms with van der Waals surface area (Å²) in [6.07, 6.45) is 3.73. The molecule has 0 aromatic heterocycles. The molecular formula is C20H26N4O3. The second kappa shape index (κ2) is 9.05. The summed E-state index contributed by atoms with van der Waals surface area (Å²) in [5.41, 5.74) is 10.9. The van der Waals surface area contributed by atoms with Crippen LogP contribution in [0.3, 0.4) is 0 Å². The lowest BCUT2D eigenvalue weighted by Crippen LogP contribution is -2.38. The molecular weight excluding hydrogens is 344 g/mol. The van der Waals surface area contributed by atoms with Gasteiger partial charge < -0.3 is 20.4 Å². The van der Waals surface area contributed by atoms with E-state index in [1.807, 2.05) is 50.3 Å². The predicted molar refractivity (Wildman–Crippen MR) is 104 cm³/mol. The number of rotatable bonds is 5. The number of hydrogen-bond acceptors (Lipinski definition) is 6. The molecule has 0 saturated heterocycles. The molecule has 144 valence electrons. The molecule has 1 aliphatic rings. The summed E-state index contributed by atoms with van der Waals surface area (Å²) < 4.78 is 4.77. The second-order valence-electron chi connectivity index (χ2n) is 6.06. The zero-order chi connectivity index (χ0) is 20.0. The molecule has 0 bridgehead atoms. The predicted octanol–water partition coefficient (Wildman–Crippen LogP) is 1.87. The molecule has 0 saturated carbocycles. The molecule has 1 aliphatic heterocycles. The first-order valence-electron chi connectivity index (χ1n) is 8.73. The Morgan fingerprint density at radius 3 is 2.59 bits per heavy atom. The fraction of sp³-hybridized carbons (Fsp3) is 0.300. The van der Waals surface area contributed by atoms with Crippen molar-refractivity contribution in [1.82, 2.24) is 9.91 Å². The van der Waals surface area contributed by atoms with Crippen molar-refractivity contribution >= 4 is 18.1 Å². The van der Waals surface area contributed by atoms with Crippen molar-refractivity contribution in [2.24, 2.45) is 11.6 Å². The SMILES string of the molecule is C/C=C1C(/N)=C(/N(N)CCOC=O)c2ccccc2CN(C(C)=O)C/1=C/C. The van der Waals surface area contributed by atoms with Gasteiger partial charge in [-0.25, -0.2) is 5.84 Å². The van der Waals surface area contributed by atoms with Gasteiger partial charge in [0, 0.05) is 23.8 Å². The van der Waals surface area contributed by atoms with Crippen LogP contribution < -0.4 is 11.6 Å². The standard InChI is InChI=1S/C20H26N4O3/c1-4-16-18(5-2)23(14(3)26)12-15-8-6-7-9-17(15)20(19(16)21)24(22)10-11-27-13-25/h4-9,13H,10-12,21-22H2,1-3H3/b16-4+,18-5+,20-19-. The lowest BCUT2D eigenvalue weighted by atomic mass is 9.94. The molecule has 7 heteroatoms. The van der Waals surface area contributed by atoms with Crippen molar-refractivity contribution in [3.63, 3.8) is 0 Å². The van der Waals surface area contributed by atoms with Gasteiger partial charge in [0.2, 0.25) is 5.91 Å². The van der Waals surface area contributed by atoms with Crippen molar-refractivity contribution in [2.45, 2.75) is 27.3 Å². The number of nitrogens with zero attached hydrogens (tertiary/aromatic N) is 2. The number of benzene rings is 1. The third kappa shape index (κ3) is 4.20. The molecule has 1 aromatic carbocycles. The van der Waals surface area contributed by atoms with Gasteiger partial charge in [-0.1, -0.05) is 36.4 Å². The summed E-state index contributed by atoms with van der Waals surface area (Å²) >= 11 is 0. The molecule has 0 fully saturated rings. The number of ether oxygens (including phenoxy) is 1. The zero-order valence-corrected chi connectivity index (χ0v) is 15.9. The van der Waals surface area contributed by atoms with Gasteiger partial charge >= 0.3 is 0 Å². The lowest BCUT2D eigenvalue weighted by Gasteiger charge is -2.33. The Bertz CT molecular complexity index is 811. The summed E-state index contributed by atoms with van der Waals surface area (Å²) in [5.74, 6) is 6.21. The normalized spacial score (nSPS) is 20.1. The van der Waals surface area contributed by atoms with Gasteiger partial charge in [-0.15, -0.1) is 0 Å². The highest BCUT2D eigenvalue weighted by Crippen LogP contribution is 2.34. The highest BCUT2D eigenvalue weighted by Gasteiger charge is 2.27. The lowest BCUT2D eigenvalue weighted by molar-refractivity contribution is -0.129. The maximum Gasteiger partial charge on any atom is 0.293 e. The van der Waals surface area contributed by atoms with Crippen LogP contribution in [0.4, 0.5) is 0 Å². The Morgan fingerprint density at radius 2 is 2.00 bits per heavy atom. The average Bonchev–Trinajstić information content (AvgIpc) is 2.64. The largest absolute Gasteiger partial charge is 0.466 e. The van der Waals surface area contributed by atoms with Crippen LogP contribution in [-0.4, -0.2) is 35.4 Å². The zero-order valence-electron chi connectivity index (χ0n) is 15.9. The fourth-order valence-corrected chi connectivity index (χ4v) is 3.22. The number of hydrazine groups is 1. The van der Waals surface area contributed by atoms with E-state index < -0.39 is 0 Å². The van der Waals surface area contributed by atoms with Crippen molar-refractivity contribution < 1.29 is 14.3 Å². The fourth-order valence-electron chi connectivity index (χ4n) is 3.22. The Morgan fingerprint density at radius 1 is 1.30 bits per heavy atom. The van der Waals surface area contributed by atoms with Crippen molar-refractivity contribution in [2.75, 3.05) is 13.2 Å². The van der Waals surface area contributed by atoms with E-state index in [4.69, 9.17) is 16.3 Å². The van der Waals surface area contributed by atoms with Gasteiger partial charge in [-0.2, -0.15) is 0 Å². The van der Waals surface area contributed by atoms with E-state index in [0.29, 0.717) is 24.4 Å². The first kappa shape index (κ1) is 20.3. The summed E-state index contributed by atoms with van der Waals surface area (Å²) in [5, 5.41) is 1.48. The molecule has 1 aromatic rings. The van der Waals surface area contributed by atoms with Gasteiger partial charge in [0.15, 0.2) is 0 Å². The molecule has 7 nitrogen and oxygen atoms in total. The van der Waals surface area contributed by atoms with E-state index in [9.17, 15) is 9.59 Å². The molecule has 1 amide bonds. The Balaban J connectivity index is 2.69. The van der Waals surface area contributed by atoms with Crippen molar-refractivity contribution in [3.05, 3.63) is 64.5 Å². The summed E-state index contributed by atoms with van der Waals surface area (Å²) in [6.45, 7) is 6.48. The maximum absolute atomic E-state index is 12.3. The number of carbonyl (C=O) groups is 2. The van der Waals surface area contributed by atoms with Crippen LogP contribution in [0, 0.1) is 0 Å². The molecule has 27 heavy (non-hydrogen) atoms. The van der Waals surface area contributed by atoms with Crippen LogP contribution in [0.2, 0.25) is 0 Å². The minimum Gasteiger partial charge on any atom is -0.466 e. The number of allylic oxidation sites excluding steroid dienone is 2. The first-order chi connectivity index (χ1) is 13.0. The van der Waals surface area contributed by atoms with Crippen molar-refractivity contribution in [3.8, 4) is 0 Å². The van der Waals surface area contributed by atoms with Crippen LogP contribution in [0.25, 0.3) is 5.70 Å². The molecule has 0 unspecified atom stereocenters. The van der Waals surface area contributed by atoms with Crippen LogP contribution in [0.15, 0.2) is 53.4 Å². The Hall–Kier alpha value is -3.06. The summed E-state index contributed by atoms with van der Waals surface area (Å²) in [4.78, 5) is 24.5. The molecule has 0 spiro atoms. The minimum atomic E-state index is -0.0718. The third-order valence-corrected chi connectivity index (χ3v) is 4.46. The minimum absolute atomic E-state index is 0.0718. The van der Waals surface area contributed by atoms with Gasteiger partial charge in [-0.3, -0.25) is 9.59 Å². The first-order valence-corrected chi connectivity index (χ1v) is 8.73. The highest BCUT2D eigenvalue weighted by molar-refractivity contribution is 5.81. The molecule has 1 heterocycles. The van der Waals surface area contributed by atoms with Gasteiger partial charge in [-0.05, 0) is 19.4 Å². The van der Waals surface area contributed by atoms with E-state index in [2.05, 4.69) is 0 Å². The van der Waals surface area contributed by atoms with Gasteiger partial charge in [0.05, 0.1) is 24.5 Å². The summed E-state index contributed by atoms with van der Waals surface area (Å²) in [6, 6.07) is 7.68. The number of hydrogen-bond donors (Lipinski definition) is 2. The van der Waals surface area contributed by atoms with Gasteiger partial charge in [0.1, 0.15) is 6.61 Å². The average molecular weight is 370 g/mol. The highest BCUT2D eigenvalue weighted by atomic mass is 16.5. The number of fused-ring (bicyclic) bond motifs is 1. The van der Waals surface area contributed by atoms with Crippen LogP contribution in [-0.2, 0) is 20.9 Å². The van der Waals surface area contributed by atoms with E-state index in [1.54, 1.807) is 4.90 Å². The van der Waals surface area contributed by atoms with Crippen LogP contribution >= 0.6 is 0 Å². The molecule has 0 atom stereocenters. The van der Waals surface area contributed by atoms with E-state index >= 15 is 0 Å². The van der Waals surface area contributed by atoms with E-state index in [-0.39, 0.29) is 19.1 Å². The Labute approximate surface area is 159 Å². The molecule has 0 radical (unpaired) electrons. The van der Waals surface area contributed by atoms with Crippen LogP contribution in [0.1, 0.15) is 31.9 Å². The molecule has 4 N–H and O–H groups in total. The molecule has 2 rings (SSSR count). The third-order valence-electron chi connectivity index (χ3n) is 4.46. The van der Waals surface area contributed by atoms with E-state index in [1.165, 1.54) is 11.9 Å². The smallest absolute Gasteiger partial charge is 0.293 e.